The van der Waals surface area contributed by atoms with E-state index in [2.05, 4.69) is 44.9 Å². The van der Waals surface area contributed by atoms with Gasteiger partial charge < -0.3 is 75.8 Å². The summed E-state index contributed by atoms with van der Waals surface area (Å²) >= 11 is 0. The molecule has 13 N–H and O–H groups in total. The number of hydrogen-bond donors (Lipinski definition) is 10. The van der Waals surface area contributed by atoms with Crippen LogP contribution in [0.1, 0.15) is 31.5 Å². The Labute approximate surface area is 453 Å². The van der Waals surface area contributed by atoms with Gasteiger partial charge in [0.15, 0.2) is 53.1 Å². The van der Waals surface area contributed by atoms with Gasteiger partial charge in [0.1, 0.15) is 90.0 Å². The van der Waals surface area contributed by atoms with Gasteiger partial charge in [0.25, 0.3) is 0 Å². The third-order valence-electron chi connectivity index (χ3n) is 13.1. The van der Waals surface area contributed by atoms with E-state index in [1.165, 1.54) is 21.8 Å². The van der Waals surface area contributed by atoms with Crippen LogP contribution in [0.15, 0.2) is 38.0 Å². The molecule has 0 radical (unpaired) electrons. The van der Waals surface area contributed by atoms with Crippen molar-refractivity contribution < 1.29 is 113 Å². The Kier molecular flexibility index (Phi) is 17.3. The van der Waals surface area contributed by atoms with Crippen LogP contribution < -0.4 is 17.2 Å². The Hall–Kier alpha value is -4.83. The van der Waals surface area contributed by atoms with Crippen molar-refractivity contribution in [1.82, 2.24) is 58.6 Å². The van der Waals surface area contributed by atoms with Crippen LogP contribution in [0, 0.1) is 0 Å². The molecule has 81 heavy (non-hydrogen) atoms. The number of aliphatic hydroxyl groups excluding tert-OH is 3. The zero-order valence-corrected chi connectivity index (χ0v) is 45.4. The minimum atomic E-state index is -5.50. The molecule has 6 aromatic heterocycles. The van der Waals surface area contributed by atoms with Crippen molar-refractivity contribution in [2.45, 2.75) is 86.0 Å². The molecule has 43 heteroatoms. The lowest BCUT2D eigenvalue weighted by Crippen LogP contribution is -2.51. The average Bonchev–Trinajstić information content (AvgIpc) is 3.04. The summed E-state index contributed by atoms with van der Waals surface area (Å²) in [6.07, 6.45) is -10.7. The van der Waals surface area contributed by atoms with Crippen molar-refractivity contribution in [3.05, 3.63) is 38.0 Å². The summed E-state index contributed by atoms with van der Waals surface area (Å²) in [5.74, 6) is -0.176. The van der Waals surface area contributed by atoms with Gasteiger partial charge in [0.05, 0.1) is 65.2 Å². The van der Waals surface area contributed by atoms with E-state index in [1.807, 2.05) is 0 Å². The van der Waals surface area contributed by atoms with E-state index < -0.39 is 151 Å². The van der Waals surface area contributed by atoms with E-state index >= 15 is 0 Å². The standard InChI is InChI=1S/C38H53N15O24P4/c1-65-24-19(10-69-78(57,58)67-7-4-54)73-36(52-16-49-21-30(40)43-13-46-33(21)52)26(24)76-80(61,62)70-9-18-23(56)25(35(72-18)51-15-48-20-29(39)42-12-45-32(20)51)75-81(63,64)71-11-38-3-2-6-66-28(38)27(77-79(59,60)68-8-5-55)37(74-38)53-17-50-22-31(41)44-14-47-34(22)53/h12-19,23-28,35-37,54-56H,2-11H2,1H3,(H,57,58)(H,59,60)(H,61,62)(H,63,64)(H2,39,42,45)(H2,40,43,46)(H2,41,44,47)/t18-,19-,23-,24-,25-,26-,27-,28+,35-,36-,37-,38-/m1/s1. The first-order valence-electron chi connectivity index (χ1n) is 24.0. The molecule has 4 fully saturated rings. The lowest BCUT2D eigenvalue weighted by atomic mass is 9.89. The van der Waals surface area contributed by atoms with Crippen LogP contribution in [0.3, 0.4) is 0 Å². The van der Waals surface area contributed by atoms with Gasteiger partial charge in [0.2, 0.25) is 0 Å². The smallest absolute Gasteiger partial charge is 0.394 e. The number of phosphoric ester groups is 4. The lowest BCUT2D eigenvalue weighted by Gasteiger charge is -2.38. The van der Waals surface area contributed by atoms with E-state index in [9.17, 15) is 48.0 Å². The van der Waals surface area contributed by atoms with Gasteiger partial charge in [-0.15, -0.1) is 0 Å². The Morgan fingerprint density at radius 1 is 0.593 bits per heavy atom. The predicted octanol–water partition coefficient (Wildman–Crippen LogP) is -1.51. The fourth-order valence-electron chi connectivity index (χ4n) is 9.62. The van der Waals surface area contributed by atoms with Gasteiger partial charge in [-0.2, -0.15) is 0 Å². The molecule has 0 spiro atoms. The summed E-state index contributed by atoms with van der Waals surface area (Å²) in [6, 6.07) is 0. The molecule has 39 nitrogen and oxygen atoms in total. The van der Waals surface area contributed by atoms with Gasteiger partial charge in [-0.05, 0) is 12.8 Å². The summed E-state index contributed by atoms with van der Waals surface area (Å²) in [5.41, 5.74) is 16.6. The number of nitrogens with zero attached hydrogens (tertiary/aromatic N) is 12. The molecular formula is C38H53N15O24P4. The number of aliphatic hydroxyl groups is 3. The van der Waals surface area contributed by atoms with E-state index in [1.54, 1.807) is 0 Å². The van der Waals surface area contributed by atoms with Crippen molar-refractivity contribution in [1.29, 1.82) is 0 Å². The van der Waals surface area contributed by atoms with E-state index in [0.717, 1.165) is 37.0 Å². The van der Waals surface area contributed by atoms with Crippen molar-refractivity contribution in [2.75, 3.05) is 77.2 Å². The number of anilines is 3. The fraction of sp³-hybridized carbons (Fsp3) is 0.605. The molecule has 4 aliphatic rings. The van der Waals surface area contributed by atoms with Gasteiger partial charge in [0, 0.05) is 13.7 Å². The molecule has 4 aliphatic heterocycles. The first-order valence-corrected chi connectivity index (χ1v) is 30.0. The quantitative estimate of drug-likeness (QED) is 0.0291. The number of aromatic nitrogens is 12. The fourth-order valence-corrected chi connectivity index (χ4v) is 13.1. The predicted molar refractivity (Wildman–Crippen MR) is 264 cm³/mol. The maximum absolute atomic E-state index is 14.3. The largest absolute Gasteiger partial charge is 0.472 e. The molecular weight excluding hydrogens is 1170 g/mol. The summed E-state index contributed by atoms with van der Waals surface area (Å²) in [7, 11) is -19.6. The molecule has 0 saturated carbocycles. The second-order valence-corrected chi connectivity index (χ2v) is 23.8. The number of ether oxygens (including phenoxy) is 5. The molecule has 10 rings (SSSR count). The molecule has 10 heterocycles. The third-order valence-corrected chi connectivity index (χ3v) is 17.0. The first kappa shape index (κ1) is 59.3. The van der Waals surface area contributed by atoms with Crippen LogP contribution in [0.25, 0.3) is 33.5 Å². The molecule has 16 atom stereocenters. The summed E-state index contributed by atoms with van der Waals surface area (Å²) in [5, 5.41) is 30.4. The number of nitrogen functional groups attached to an aromatic ring is 3. The first-order chi connectivity index (χ1) is 38.6. The summed E-state index contributed by atoms with van der Waals surface area (Å²) in [6.45, 7) is -5.05. The Bertz CT molecular complexity index is 3420. The van der Waals surface area contributed by atoms with Crippen molar-refractivity contribution in [2.24, 2.45) is 0 Å². The molecule has 4 saturated heterocycles. The minimum absolute atomic E-state index is 0.00791. The Morgan fingerprint density at radius 3 is 1.60 bits per heavy atom. The highest BCUT2D eigenvalue weighted by molar-refractivity contribution is 7.48. The van der Waals surface area contributed by atoms with E-state index in [4.69, 9.17) is 82.2 Å². The van der Waals surface area contributed by atoms with Crippen LogP contribution in [0.2, 0.25) is 0 Å². The highest BCUT2D eigenvalue weighted by atomic mass is 31.2. The molecule has 4 unspecified atom stereocenters. The zero-order valence-electron chi connectivity index (χ0n) is 41.8. The summed E-state index contributed by atoms with van der Waals surface area (Å²) < 4.78 is 131. The van der Waals surface area contributed by atoms with Gasteiger partial charge >= 0.3 is 31.3 Å². The highest BCUT2D eigenvalue weighted by Gasteiger charge is 2.62. The minimum Gasteiger partial charge on any atom is -0.394 e. The van der Waals surface area contributed by atoms with Crippen molar-refractivity contribution in [3.8, 4) is 0 Å². The van der Waals surface area contributed by atoms with Crippen LogP contribution >= 0.6 is 31.3 Å². The Morgan fingerprint density at radius 2 is 1.05 bits per heavy atom. The second kappa shape index (κ2) is 23.7. The molecule has 0 bridgehead atoms. The normalized spacial score (nSPS) is 30.8. The van der Waals surface area contributed by atoms with Crippen LogP contribution in [-0.2, 0) is 78.1 Å². The number of nitrogens with two attached hydrogens (primary N) is 3. The highest BCUT2D eigenvalue weighted by Crippen LogP contribution is 2.57. The number of fused-ring (bicyclic) bond motifs is 4. The monoisotopic (exact) mass is 1230 g/mol. The van der Waals surface area contributed by atoms with E-state index in [0.29, 0.717) is 0 Å². The van der Waals surface area contributed by atoms with Gasteiger partial charge in [-0.25, -0.2) is 63.1 Å². The maximum Gasteiger partial charge on any atom is 0.472 e. The number of phosphoric acid groups is 4. The maximum atomic E-state index is 14.3. The van der Waals surface area contributed by atoms with Crippen molar-refractivity contribution in [3.63, 3.8) is 0 Å². The second-order valence-electron chi connectivity index (χ2n) is 18.1. The summed E-state index contributed by atoms with van der Waals surface area (Å²) in [4.78, 5) is 80.9. The number of hydrogen-bond acceptors (Lipinski definition) is 32. The van der Waals surface area contributed by atoms with Crippen LogP contribution in [0.4, 0.5) is 17.5 Å². The lowest BCUT2D eigenvalue weighted by molar-refractivity contribution is -0.165. The van der Waals surface area contributed by atoms with E-state index in [-0.39, 0.29) is 70.4 Å². The molecule has 444 valence electrons. The zero-order chi connectivity index (χ0) is 57.6. The molecule has 6 aromatic rings. The van der Waals surface area contributed by atoms with Crippen molar-refractivity contribution >= 4 is 82.2 Å². The third kappa shape index (κ3) is 12.3. The molecule has 0 aromatic carbocycles. The molecule has 0 aliphatic carbocycles. The SMILES string of the molecule is CO[C@H]1[C@@H](OP(=O)(O)OC[C@H]2O[C@@H](n3cnc4c(N)ncnc43)[C@H](OP(=O)(O)OC[C@]34CCCO[C@H]3[C@@H](OP(=O)(O)OCCO)[C@H](n3cnc5c(N)ncnc53)O4)[C@@H]2O)[C@H](n2cnc3c(N)ncnc32)O[C@@H]1COP(=O)(O)OCCO. The number of imidazole rings is 3. The van der Waals surface area contributed by atoms with Gasteiger partial charge in [-0.1, -0.05) is 0 Å². The van der Waals surface area contributed by atoms with Crippen LogP contribution in [0.5, 0.6) is 0 Å². The van der Waals surface area contributed by atoms with Gasteiger partial charge in [-0.3, -0.25) is 49.9 Å². The molecule has 0 amide bonds. The topological polar surface area (TPSA) is 539 Å². The Balaban J connectivity index is 0.898. The number of rotatable bonds is 25. The number of methoxy groups -OCH3 is 1. The van der Waals surface area contributed by atoms with Crippen LogP contribution in [-0.4, -0.2) is 208 Å². The average molecular weight is 1230 g/mol.